The lowest BCUT2D eigenvalue weighted by Gasteiger charge is -2.16. The molecule has 0 aromatic heterocycles. The Morgan fingerprint density at radius 2 is 2.16 bits per heavy atom. The molecule has 0 saturated heterocycles. The topological polar surface area (TPSA) is 78.5 Å². The highest BCUT2D eigenvalue weighted by Gasteiger charge is 2.22. The Morgan fingerprint density at radius 1 is 1.42 bits per heavy atom. The monoisotopic (exact) mass is 283 g/mol. The summed E-state index contributed by atoms with van der Waals surface area (Å²) in [5.41, 5.74) is 2.29. The van der Waals surface area contributed by atoms with Crippen molar-refractivity contribution >= 4 is 27.5 Å². The minimum Gasteiger partial charge on any atom is -0.312 e. The van der Waals surface area contributed by atoms with Crippen molar-refractivity contribution in [3.05, 3.63) is 23.8 Å². The Balaban J connectivity index is 2.27. The standard InChI is InChI=1S/C12H17N3O3S/c1-3-13-19(17,18)14-11-5-4-10-6-7-15(9(2)16)12(10)8-11/h4-5,8,13-14H,3,6-7H2,1-2H3. The number of rotatable bonds is 4. The average Bonchev–Trinajstić information content (AvgIpc) is 2.71. The van der Waals surface area contributed by atoms with E-state index < -0.39 is 10.2 Å². The highest BCUT2D eigenvalue weighted by molar-refractivity contribution is 7.90. The van der Waals surface area contributed by atoms with E-state index >= 15 is 0 Å². The predicted molar refractivity (Wildman–Crippen MR) is 74.4 cm³/mol. The number of carbonyl (C=O) groups is 1. The zero-order valence-electron chi connectivity index (χ0n) is 10.9. The Hall–Kier alpha value is -1.60. The summed E-state index contributed by atoms with van der Waals surface area (Å²) >= 11 is 0. The summed E-state index contributed by atoms with van der Waals surface area (Å²) in [4.78, 5) is 13.1. The van der Waals surface area contributed by atoms with Gasteiger partial charge in [-0.3, -0.25) is 9.52 Å². The van der Waals surface area contributed by atoms with Crippen LogP contribution in [-0.2, 0) is 21.4 Å². The summed E-state index contributed by atoms with van der Waals surface area (Å²) in [6.45, 7) is 4.18. The smallest absolute Gasteiger partial charge is 0.299 e. The van der Waals surface area contributed by atoms with E-state index in [9.17, 15) is 13.2 Å². The van der Waals surface area contributed by atoms with Gasteiger partial charge in [0.15, 0.2) is 0 Å². The fraction of sp³-hybridized carbons (Fsp3) is 0.417. The first-order valence-electron chi connectivity index (χ1n) is 6.11. The lowest BCUT2D eigenvalue weighted by molar-refractivity contribution is -0.116. The molecule has 1 amide bonds. The van der Waals surface area contributed by atoms with E-state index in [0.717, 1.165) is 17.7 Å². The number of hydrogen-bond acceptors (Lipinski definition) is 3. The van der Waals surface area contributed by atoms with Crippen LogP contribution in [0.5, 0.6) is 0 Å². The van der Waals surface area contributed by atoms with Crippen LogP contribution in [0.15, 0.2) is 18.2 Å². The van der Waals surface area contributed by atoms with Gasteiger partial charge in [-0.2, -0.15) is 13.1 Å². The number of carbonyl (C=O) groups excluding carboxylic acids is 1. The second-order valence-electron chi connectivity index (χ2n) is 4.37. The maximum Gasteiger partial charge on any atom is 0.299 e. The van der Waals surface area contributed by atoms with Gasteiger partial charge in [0.1, 0.15) is 0 Å². The Morgan fingerprint density at radius 3 is 2.79 bits per heavy atom. The third-order valence-electron chi connectivity index (χ3n) is 2.95. The molecule has 0 unspecified atom stereocenters. The van der Waals surface area contributed by atoms with Crippen molar-refractivity contribution in [2.24, 2.45) is 0 Å². The maximum atomic E-state index is 11.6. The molecule has 0 atom stereocenters. The van der Waals surface area contributed by atoms with Crippen molar-refractivity contribution in [2.45, 2.75) is 20.3 Å². The number of fused-ring (bicyclic) bond motifs is 1. The van der Waals surface area contributed by atoms with Crippen LogP contribution in [0.25, 0.3) is 0 Å². The third kappa shape index (κ3) is 3.05. The van der Waals surface area contributed by atoms with Crippen LogP contribution in [-0.4, -0.2) is 27.4 Å². The summed E-state index contributed by atoms with van der Waals surface area (Å²) in [5.74, 6) is -0.0366. The Labute approximate surface area is 113 Å². The van der Waals surface area contributed by atoms with Crippen molar-refractivity contribution < 1.29 is 13.2 Å². The molecule has 0 radical (unpaired) electrons. The number of nitrogens with one attached hydrogen (secondary N) is 2. The van der Waals surface area contributed by atoms with Crippen LogP contribution in [0, 0.1) is 0 Å². The molecule has 104 valence electrons. The maximum absolute atomic E-state index is 11.6. The molecule has 1 heterocycles. The summed E-state index contributed by atoms with van der Waals surface area (Å²) in [7, 11) is -3.54. The van der Waals surface area contributed by atoms with Gasteiger partial charge in [0, 0.05) is 25.7 Å². The lowest BCUT2D eigenvalue weighted by Crippen LogP contribution is -2.30. The van der Waals surface area contributed by atoms with Crippen molar-refractivity contribution in [2.75, 3.05) is 22.7 Å². The highest BCUT2D eigenvalue weighted by Crippen LogP contribution is 2.31. The van der Waals surface area contributed by atoms with Crippen molar-refractivity contribution in [1.29, 1.82) is 0 Å². The average molecular weight is 283 g/mol. The van der Waals surface area contributed by atoms with E-state index in [1.54, 1.807) is 24.0 Å². The van der Waals surface area contributed by atoms with Crippen LogP contribution in [0.1, 0.15) is 19.4 Å². The van der Waals surface area contributed by atoms with E-state index in [4.69, 9.17) is 0 Å². The lowest BCUT2D eigenvalue weighted by atomic mass is 10.1. The largest absolute Gasteiger partial charge is 0.312 e. The van der Waals surface area contributed by atoms with Gasteiger partial charge in [0.05, 0.1) is 5.69 Å². The quantitative estimate of drug-likeness (QED) is 0.860. The van der Waals surface area contributed by atoms with Crippen LogP contribution in [0.3, 0.4) is 0 Å². The second kappa shape index (κ2) is 5.18. The summed E-state index contributed by atoms with van der Waals surface area (Å²) in [5, 5.41) is 0. The molecule has 0 aliphatic carbocycles. The zero-order chi connectivity index (χ0) is 14.0. The first-order valence-corrected chi connectivity index (χ1v) is 7.59. The molecule has 7 heteroatoms. The Kier molecular flexibility index (Phi) is 3.77. The molecule has 2 N–H and O–H groups in total. The number of hydrogen-bond donors (Lipinski definition) is 2. The van der Waals surface area contributed by atoms with E-state index in [2.05, 4.69) is 9.44 Å². The fourth-order valence-electron chi connectivity index (χ4n) is 2.15. The predicted octanol–water partition coefficient (Wildman–Crippen LogP) is 0.862. The van der Waals surface area contributed by atoms with Crippen LogP contribution < -0.4 is 14.3 Å². The minimum absolute atomic E-state index is 0.0366. The molecular weight excluding hydrogens is 266 g/mol. The molecule has 0 saturated carbocycles. The second-order valence-corrected chi connectivity index (χ2v) is 5.87. The van der Waals surface area contributed by atoms with Gasteiger partial charge in [0.2, 0.25) is 5.91 Å². The Bertz CT molecular complexity index is 598. The molecule has 0 fully saturated rings. The molecule has 2 rings (SSSR count). The molecule has 1 aromatic rings. The SMILES string of the molecule is CCNS(=O)(=O)Nc1ccc2c(c1)N(C(C)=O)CC2. The molecular formula is C12H17N3O3S. The van der Waals surface area contributed by atoms with Gasteiger partial charge in [0.25, 0.3) is 10.2 Å². The minimum atomic E-state index is -3.54. The highest BCUT2D eigenvalue weighted by atomic mass is 32.2. The van der Waals surface area contributed by atoms with Crippen molar-refractivity contribution in [3.63, 3.8) is 0 Å². The molecule has 1 aromatic carbocycles. The van der Waals surface area contributed by atoms with Crippen LogP contribution in [0.2, 0.25) is 0 Å². The molecule has 19 heavy (non-hydrogen) atoms. The van der Waals surface area contributed by atoms with E-state index in [1.807, 2.05) is 6.07 Å². The fourth-order valence-corrected chi connectivity index (χ4v) is 3.04. The van der Waals surface area contributed by atoms with E-state index in [0.29, 0.717) is 18.8 Å². The molecule has 1 aliphatic rings. The van der Waals surface area contributed by atoms with Gasteiger partial charge < -0.3 is 4.90 Å². The van der Waals surface area contributed by atoms with Gasteiger partial charge in [-0.05, 0) is 24.1 Å². The number of nitrogens with zero attached hydrogens (tertiary/aromatic N) is 1. The first-order chi connectivity index (χ1) is 8.93. The van der Waals surface area contributed by atoms with Gasteiger partial charge in [-0.25, -0.2) is 0 Å². The molecule has 1 aliphatic heterocycles. The number of amides is 1. The van der Waals surface area contributed by atoms with Gasteiger partial charge in [-0.1, -0.05) is 13.0 Å². The van der Waals surface area contributed by atoms with E-state index in [1.165, 1.54) is 6.92 Å². The number of benzene rings is 1. The van der Waals surface area contributed by atoms with Crippen LogP contribution >= 0.6 is 0 Å². The normalized spacial score (nSPS) is 14.3. The molecule has 0 spiro atoms. The van der Waals surface area contributed by atoms with Crippen molar-refractivity contribution in [3.8, 4) is 0 Å². The summed E-state index contributed by atoms with van der Waals surface area (Å²) in [6, 6.07) is 5.25. The summed E-state index contributed by atoms with van der Waals surface area (Å²) < 4.78 is 28.0. The summed E-state index contributed by atoms with van der Waals surface area (Å²) in [6.07, 6.45) is 0.801. The third-order valence-corrected chi connectivity index (χ3v) is 4.12. The van der Waals surface area contributed by atoms with Gasteiger partial charge in [-0.15, -0.1) is 0 Å². The molecule has 6 nitrogen and oxygen atoms in total. The van der Waals surface area contributed by atoms with Gasteiger partial charge >= 0.3 is 0 Å². The molecule has 0 bridgehead atoms. The first kappa shape index (κ1) is 13.8. The van der Waals surface area contributed by atoms with E-state index in [-0.39, 0.29) is 5.91 Å². The number of anilines is 2. The van der Waals surface area contributed by atoms with Crippen molar-refractivity contribution in [1.82, 2.24) is 4.72 Å². The van der Waals surface area contributed by atoms with Crippen LogP contribution in [0.4, 0.5) is 11.4 Å². The zero-order valence-corrected chi connectivity index (χ0v) is 11.8.